The number of aromatic nitrogens is 1. The first-order valence-corrected chi connectivity index (χ1v) is 9.14. The van der Waals surface area contributed by atoms with Crippen molar-refractivity contribution in [3.05, 3.63) is 55.4 Å². The first kappa shape index (κ1) is 20.0. The first-order chi connectivity index (χ1) is 12.4. The molecule has 0 bridgehead atoms. The van der Waals surface area contributed by atoms with E-state index in [0.717, 1.165) is 17.7 Å². The lowest BCUT2D eigenvalue weighted by Crippen LogP contribution is -2.28. The van der Waals surface area contributed by atoms with E-state index in [-0.39, 0.29) is 18.0 Å². The van der Waals surface area contributed by atoms with Crippen molar-refractivity contribution in [2.24, 2.45) is 0 Å². The number of hydrogen-bond donors (Lipinski definition) is 2. The summed E-state index contributed by atoms with van der Waals surface area (Å²) in [5, 5.41) is 2.78. The van der Waals surface area contributed by atoms with E-state index in [9.17, 15) is 9.59 Å². The molecule has 0 spiro atoms. The van der Waals surface area contributed by atoms with Crippen molar-refractivity contribution in [1.29, 1.82) is 0 Å². The predicted octanol–water partition coefficient (Wildman–Crippen LogP) is 3.48. The Morgan fingerprint density at radius 1 is 1.27 bits per heavy atom. The first-order valence-electron chi connectivity index (χ1n) is 8.35. The molecule has 0 unspecified atom stereocenters. The Kier molecular flexibility index (Phi) is 6.85. The van der Waals surface area contributed by atoms with Crippen molar-refractivity contribution in [3.8, 4) is 11.5 Å². The largest absolute Gasteiger partial charge is 0.493 e. The van der Waals surface area contributed by atoms with Crippen LogP contribution in [0.3, 0.4) is 0 Å². The van der Waals surface area contributed by atoms with Gasteiger partial charge in [0.2, 0.25) is 0 Å². The van der Waals surface area contributed by atoms with Crippen LogP contribution in [0.25, 0.3) is 0 Å². The van der Waals surface area contributed by atoms with E-state index in [1.165, 1.54) is 7.11 Å². The molecule has 1 aromatic carbocycles. The lowest BCUT2D eigenvalue weighted by Gasteiger charge is -2.14. The fourth-order valence-corrected chi connectivity index (χ4v) is 3.12. The van der Waals surface area contributed by atoms with Gasteiger partial charge in [0.05, 0.1) is 18.2 Å². The highest BCUT2D eigenvalue weighted by molar-refractivity contribution is 9.10. The second kappa shape index (κ2) is 8.89. The van der Waals surface area contributed by atoms with Gasteiger partial charge in [-0.2, -0.15) is 0 Å². The minimum atomic E-state index is -0.301. The number of halogens is 1. The van der Waals surface area contributed by atoms with Gasteiger partial charge in [-0.1, -0.05) is 6.92 Å². The Balaban J connectivity index is 2.20. The maximum Gasteiger partial charge on any atom is 0.253 e. The fourth-order valence-electron chi connectivity index (χ4n) is 2.57. The van der Waals surface area contributed by atoms with Crippen molar-refractivity contribution in [1.82, 2.24) is 10.3 Å². The molecule has 0 radical (unpaired) electrons. The molecule has 0 atom stereocenters. The van der Waals surface area contributed by atoms with Crippen LogP contribution in [0, 0.1) is 13.8 Å². The molecule has 0 fully saturated rings. The fraction of sp³-hybridized carbons (Fsp3) is 0.368. The molecule has 1 amide bonds. The van der Waals surface area contributed by atoms with E-state index in [2.05, 4.69) is 26.2 Å². The maximum atomic E-state index is 12.5. The van der Waals surface area contributed by atoms with Crippen LogP contribution in [0.4, 0.5) is 0 Å². The third-order valence-electron chi connectivity index (χ3n) is 3.86. The number of ether oxygens (including phenoxy) is 2. The number of carbonyl (C=O) groups excluding carboxylic acids is 1. The molecular weight excluding hydrogens is 400 g/mol. The number of aromatic amines is 1. The molecule has 0 aliphatic heterocycles. The van der Waals surface area contributed by atoms with Gasteiger partial charge in [0, 0.05) is 23.4 Å². The van der Waals surface area contributed by atoms with E-state index < -0.39 is 0 Å². The van der Waals surface area contributed by atoms with Gasteiger partial charge in [0.1, 0.15) is 0 Å². The van der Waals surface area contributed by atoms with E-state index in [1.807, 2.05) is 26.8 Å². The van der Waals surface area contributed by atoms with Crippen molar-refractivity contribution >= 4 is 21.8 Å². The number of nitrogens with one attached hydrogen (secondary N) is 2. The van der Waals surface area contributed by atoms with E-state index >= 15 is 0 Å². The number of pyridine rings is 1. The van der Waals surface area contributed by atoms with Gasteiger partial charge in [-0.25, -0.2) is 0 Å². The SMILES string of the molecule is CCCOc1c(Br)cc(C(=O)NCc2c(C)cc(C)[nH]c2=O)cc1OC. The highest BCUT2D eigenvalue weighted by atomic mass is 79.9. The molecule has 1 aromatic heterocycles. The molecule has 0 aliphatic carbocycles. The summed E-state index contributed by atoms with van der Waals surface area (Å²) in [7, 11) is 1.53. The van der Waals surface area contributed by atoms with Crippen LogP contribution in [0.2, 0.25) is 0 Å². The molecule has 2 N–H and O–H groups in total. The summed E-state index contributed by atoms with van der Waals surface area (Å²) in [6, 6.07) is 5.18. The van der Waals surface area contributed by atoms with Gasteiger partial charge < -0.3 is 19.8 Å². The lowest BCUT2D eigenvalue weighted by atomic mass is 10.1. The second-order valence-corrected chi connectivity index (χ2v) is 6.82. The summed E-state index contributed by atoms with van der Waals surface area (Å²) in [6.45, 7) is 6.38. The summed E-state index contributed by atoms with van der Waals surface area (Å²) >= 11 is 3.42. The third kappa shape index (κ3) is 4.66. The molecule has 26 heavy (non-hydrogen) atoms. The number of H-pyrrole nitrogens is 1. The highest BCUT2D eigenvalue weighted by Crippen LogP contribution is 2.36. The van der Waals surface area contributed by atoms with Crippen LogP contribution >= 0.6 is 15.9 Å². The van der Waals surface area contributed by atoms with Gasteiger partial charge in [0.25, 0.3) is 11.5 Å². The van der Waals surface area contributed by atoms with Crippen molar-refractivity contribution in [2.75, 3.05) is 13.7 Å². The Morgan fingerprint density at radius 3 is 2.62 bits per heavy atom. The molecule has 6 nitrogen and oxygen atoms in total. The normalized spacial score (nSPS) is 10.5. The zero-order chi connectivity index (χ0) is 19.3. The van der Waals surface area contributed by atoms with Crippen LogP contribution in [-0.4, -0.2) is 24.6 Å². The zero-order valence-corrected chi connectivity index (χ0v) is 17.0. The molecule has 0 aliphatic rings. The monoisotopic (exact) mass is 422 g/mol. The van der Waals surface area contributed by atoms with Crippen LogP contribution in [0.5, 0.6) is 11.5 Å². The minimum absolute atomic E-state index is 0.147. The van der Waals surface area contributed by atoms with E-state index in [1.54, 1.807) is 12.1 Å². The number of amides is 1. The number of benzene rings is 1. The van der Waals surface area contributed by atoms with Crippen molar-refractivity contribution in [2.45, 2.75) is 33.7 Å². The van der Waals surface area contributed by atoms with Crippen molar-refractivity contribution < 1.29 is 14.3 Å². The summed E-state index contributed by atoms with van der Waals surface area (Å²) in [5.41, 5.74) is 2.40. The van der Waals surface area contributed by atoms with Crippen LogP contribution in [-0.2, 0) is 6.54 Å². The summed E-state index contributed by atoms with van der Waals surface area (Å²) in [4.78, 5) is 27.3. The van der Waals surface area contributed by atoms with Gasteiger partial charge in [0.15, 0.2) is 11.5 Å². The summed E-state index contributed by atoms with van der Waals surface area (Å²) < 4.78 is 11.6. The topological polar surface area (TPSA) is 80.4 Å². The Hall–Kier alpha value is -2.28. The molecule has 1 heterocycles. The average Bonchev–Trinajstić information content (AvgIpc) is 2.58. The zero-order valence-electron chi connectivity index (χ0n) is 15.4. The highest BCUT2D eigenvalue weighted by Gasteiger charge is 2.16. The third-order valence-corrected chi connectivity index (χ3v) is 4.45. The summed E-state index contributed by atoms with van der Waals surface area (Å²) in [5.74, 6) is 0.740. The Labute approximate surface area is 161 Å². The maximum absolute atomic E-state index is 12.5. The molecule has 2 rings (SSSR count). The number of aryl methyl sites for hydroxylation is 2. The number of rotatable bonds is 7. The number of carbonyl (C=O) groups is 1. The second-order valence-electron chi connectivity index (χ2n) is 5.96. The van der Waals surface area contributed by atoms with Crippen LogP contribution in [0.15, 0.2) is 27.5 Å². The van der Waals surface area contributed by atoms with Crippen molar-refractivity contribution in [3.63, 3.8) is 0 Å². The Bertz CT molecular complexity index is 861. The molecule has 0 saturated heterocycles. The molecular formula is C19H23BrN2O4. The van der Waals surface area contributed by atoms with Gasteiger partial charge in [-0.15, -0.1) is 0 Å². The lowest BCUT2D eigenvalue weighted by molar-refractivity contribution is 0.0950. The predicted molar refractivity (Wildman–Crippen MR) is 104 cm³/mol. The van der Waals surface area contributed by atoms with Crippen LogP contribution < -0.4 is 20.3 Å². The number of hydrogen-bond acceptors (Lipinski definition) is 4. The standard InChI is InChI=1S/C19H23BrN2O4/c1-5-6-26-17-15(20)8-13(9-16(17)25-4)18(23)21-10-14-11(2)7-12(3)22-19(14)24/h7-9H,5-6,10H2,1-4H3,(H,21,23)(H,22,24). The minimum Gasteiger partial charge on any atom is -0.493 e. The average molecular weight is 423 g/mol. The smallest absolute Gasteiger partial charge is 0.253 e. The van der Waals surface area contributed by atoms with Gasteiger partial charge >= 0.3 is 0 Å². The molecule has 140 valence electrons. The van der Waals surface area contributed by atoms with E-state index in [0.29, 0.717) is 33.7 Å². The van der Waals surface area contributed by atoms with E-state index in [4.69, 9.17) is 9.47 Å². The molecule has 0 saturated carbocycles. The van der Waals surface area contributed by atoms with Gasteiger partial charge in [-0.05, 0) is 60.0 Å². The quantitative estimate of drug-likeness (QED) is 0.715. The number of methoxy groups -OCH3 is 1. The Morgan fingerprint density at radius 2 is 2.00 bits per heavy atom. The molecule has 7 heteroatoms. The molecule has 2 aromatic rings. The summed E-state index contributed by atoms with van der Waals surface area (Å²) in [6.07, 6.45) is 0.863. The van der Waals surface area contributed by atoms with Crippen LogP contribution in [0.1, 0.15) is 40.5 Å². The van der Waals surface area contributed by atoms with Gasteiger partial charge in [-0.3, -0.25) is 9.59 Å².